The molecule has 0 radical (unpaired) electrons. The van der Waals surface area contributed by atoms with Gasteiger partial charge in [0.15, 0.2) is 11.3 Å². The number of unbranched alkanes of at least 4 members (excludes halogenated alkanes) is 22. The van der Waals surface area contributed by atoms with Gasteiger partial charge in [0.1, 0.15) is 6.61 Å². The lowest BCUT2D eigenvalue weighted by Crippen LogP contribution is -2.38. The molecular formula is C49H94NO5P. The Hall–Kier alpha value is -0.810. The van der Waals surface area contributed by atoms with E-state index in [4.69, 9.17) is 14.2 Å². The molecule has 6 nitrogen and oxygen atoms in total. The predicted octanol–water partition coefficient (Wildman–Crippen LogP) is 14.7. The quantitative estimate of drug-likeness (QED) is 0.0201. The van der Waals surface area contributed by atoms with Crippen LogP contribution in [0.25, 0.3) is 0 Å². The summed E-state index contributed by atoms with van der Waals surface area (Å²) in [6.07, 6.45) is 46.7. The maximum atomic E-state index is 13.3. The van der Waals surface area contributed by atoms with Crippen LogP contribution in [0.1, 0.15) is 232 Å². The highest BCUT2D eigenvalue weighted by molar-refractivity contribution is 7.74. The summed E-state index contributed by atoms with van der Waals surface area (Å²) in [6.45, 7) is 7.70. The van der Waals surface area contributed by atoms with Gasteiger partial charge in [-0.05, 0) is 112 Å². The van der Waals surface area contributed by atoms with Crippen LogP contribution in [0.15, 0.2) is 12.2 Å². The molecule has 56 heavy (non-hydrogen) atoms. The van der Waals surface area contributed by atoms with Gasteiger partial charge in [-0.3, -0.25) is 9.59 Å². The van der Waals surface area contributed by atoms with Crippen molar-refractivity contribution in [1.82, 2.24) is 4.90 Å². The third kappa shape index (κ3) is 33.1. The second-order valence-corrected chi connectivity index (χ2v) is 19.8. The molecule has 0 N–H and O–H groups in total. The molecule has 1 aliphatic carbocycles. The molecule has 0 saturated heterocycles. The molecule has 1 saturated carbocycles. The van der Waals surface area contributed by atoms with E-state index < -0.39 is 7.92 Å². The molecule has 0 spiro atoms. The molecule has 330 valence electrons. The molecule has 1 aliphatic rings. The van der Waals surface area contributed by atoms with Crippen molar-refractivity contribution in [2.45, 2.75) is 238 Å². The number of carbonyl (C=O) groups is 2. The normalized spacial score (nSPS) is 14.9. The van der Waals surface area contributed by atoms with Gasteiger partial charge in [-0.2, -0.15) is 0 Å². The zero-order chi connectivity index (χ0) is 40.6. The van der Waals surface area contributed by atoms with E-state index in [1.807, 2.05) is 6.08 Å². The molecule has 0 aromatic heterocycles. The Labute approximate surface area is 349 Å². The van der Waals surface area contributed by atoms with Crippen molar-refractivity contribution in [3.63, 3.8) is 0 Å². The summed E-state index contributed by atoms with van der Waals surface area (Å²) < 4.78 is 18.2. The molecule has 1 unspecified atom stereocenters. The summed E-state index contributed by atoms with van der Waals surface area (Å²) in [5.41, 5.74) is 0.586. The van der Waals surface area contributed by atoms with E-state index in [1.54, 1.807) is 0 Å². The number of esters is 1. The number of rotatable bonds is 42. The summed E-state index contributed by atoms with van der Waals surface area (Å²) >= 11 is 0. The van der Waals surface area contributed by atoms with Gasteiger partial charge in [-0.1, -0.05) is 148 Å². The highest BCUT2D eigenvalue weighted by atomic mass is 31.1. The Kier molecular flexibility index (Phi) is 37.7. The van der Waals surface area contributed by atoms with Crippen molar-refractivity contribution >= 4 is 19.4 Å². The lowest BCUT2D eigenvalue weighted by Gasteiger charge is -2.37. The van der Waals surface area contributed by atoms with Gasteiger partial charge < -0.3 is 19.1 Å². The second kappa shape index (κ2) is 39.6. The number of hydrogen-bond donors (Lipinski definition) is 0. The minimum atomic E-state index is -0.489. The first-order valence-corrected chi connectivity index (χ1v) is 26.1. The first-order valence-electron chi connectivity index (χ1n) is 24.4. The Morgan fingerprint density at radius 3 is 1.59 bits per heavy atom. The Bertz CT molecular complexity index is 905. The number of hydrogen-bond acceptors (Lipinski definition) is 6. The van der Waals surface area contributed by atoms with E-state index in [9.17, 15) is 9.59 Å². The lowest BCUT2D eigenvalue weighted by molar-refractivity contribution is -0.253. The molecule has 0 aromatic rings. The summed E-state index contributed by atoms with van der Waals surface area (Å²) in [5, 5.41) is 0. The van der Waals surface area contributed by atoms with Crippen LogP contribution in [-0.4, -0.2) is 75.0 Å². The van der Waals surface area contributed by atoms with Gasteiger partial charge in [0.05, 0.1) is 13.2 Å². The number of allylic oxidation sites excluding steroid dienone is 1. The first kappa shape index (κ1) is 53.2. The van der Waals surface area contributed by atoms with Crippen LogP contribution in [0.4, 0.5) is 0 Å². The average Bonchev–Trinajstić information content (AvgIpc) is 3.19. The van der Waals surface area contributed by atoms with Crippen LogP contribution in [0.3, 0.4) is 0 Å². The van der Waals surface area contributed by atoms with Crippen LogP contribution in [0, 0.1) is 0 Å². The molecule has 1 atom stereocenters. The zero-order valence-corrected chi connectivity index (χ0v) is 38.8. The fourth-order valence-corrected chi connectivity index (χ4v) is 10.3. The second-order valence-electron chi connectivity index (χ2n) is 17.3. The first-order chi connectivity index (χ1) is 27.4. The standard InChI is InChI=1S/C49H94NO5P/c1-5-7-9-11-16-22-32-42-53-47(51)37-27-20-15-14-19-25-36-46-56(48(52)38-28-31-41-50(3)4)45-35-24-18-13-12-17-23-34-44-55-49(39-29-26-30-40-49)54-43-33-21-10-8-6-2/h22,32H,5-21,23-31,33-46H2,1-4H3/b32-22-. The molecule has 0 heterocycles. The van der Waals surface area contributed by atoms with E-state index in [1.165, 1.54) is 154 Å². The van der Waals surface area contributed by atoms with Gasteiger partial charge in [-0.15, -0.1) is 0 Å². The predicted molar refractivity (Wildman–Crippen MR) is 243 cm³/mol. The van der Waals surface area contributed by atoms with E-state index >= 15 is 0 Å². The van der Waals surface area contributed by atoms with Gasteiger partial charge >= 0.3 is 5.97 Å². The average molecular weight is 808 g/mol. The zero-order valence-electron chi connectivity index (χ0n) is 37.9. The maximum Gasteiger partial charge on any atom is 0.306 e. The van der Waals surface area contributed by atoms with Gasteiger partial charge in [0, 0.05) is 25.7 Å². The smallest absolute Gasteiger partial charge is 0.306 e. The summed E-state index contributed by atoms with van der Waals surface area (Å²) in [6, 6.07) is 0. The third-order valence-corrected chi connectivity index (χ3v) is 14.2. The van der Waals surface area contributed by atoms with Gasteiger partial charge in [0.2, 0.25) is 0 Å². The monoisotopic (exact) mass is 808 g/mol. The Morgan fingerprint density at radius 2 is 1.04 bits per heavy atom. The minimum Gasteiger partial charge on any atom is -0.461 e. The number of ether oxygens (including phenoxy) is 3. The van der Waals surface area contributed by atoms with Crippen LogP contribution >= 0.6 is 7.92 Å². The summed E-state index contributed by atoms with van der Waals surface area (Å²) in [4.78, 5) is 27.5. The van der Waals surface area contributed by atoms with E-state index in [2.05, 4.69) is 38.9 Å². The SMILES string of the molecule is CCCCCC/C=C\COC(=O)CCCCCCCCCP(CCCCCCCCCCOC1(OCCCCCCC)CCCCC1)C(=O)CCCCN(C)C. The molecule has 0 aliphatic heterocycles. The Balaban J connectivity index is 2.17. The van der Waals surface area contributed by atoms with Crippen molar-refractivity contribution in [2.75, 3.05) is 52.8 Å². The minimum absolute atomic E-state index is 0.0612. The molecule has 0 aromatic carbocycles. The topological polar surface area (TPSA) is 65.1 Å². The van der Waals surface area contributed by atoms with Gasteiger partial charge in [0.25, 0.3) is 0 Å². The molecule has 0 bridgehead atoms. The highest BCUT2D eigenvalue weighted by Gasteiger charge is 2.33. The number of nitrogens with zero attached hydrogens (tertiary/aromatic N) is 1. The fourth-order valence-electron chi connectivity index (χ4n) is 7.88. The van der Waals surface area contributed by atoms with Crippen LogP contribution in [-0.2, 0) is 23.8 Å². The van der Waals surface area contributed by atoms with Crippen molar-refractivity contribution in [3.8, 4) is 0 Å². The third-order valence-electron chi connectivity index (χ3n) is 11.6. The number of carbonyl (C=O) groups excluding carboxylic acids is 2. The van der Waals surface area contributed by atoms with Crippen LogP contribution < -0.4 is 0 Å². The molecule has 1 fully saturated rings. The van der Waals surface area contributed by atoms with Crippen molar-refractivity contribution in [3.05, 3.63) is 12.2 Å². The van der Waals surface area contributed by atoms with Gasteiger partial charge in [-0.25, -0.2) is 0 Å². The maximum absolute atomic E-state index is 13.3. The van der Waals surface area contributed by atoms with Crippen molar-refractivity contribution < 1.29 is 23.8 Å². The van der Waals surface area contributed by atoms with E-state index in [-0.39, 0.29) is 11.8 Å². The van der Waals surface area contributed by atoms with Crippen LogP contribution in [0.5, 0.6) is 0 Å². The molecule has 0 amide bonds. The van der Waals surface area contributed by atoms with Crippen molar-refractivity contribution in [1.29, 1.82) is 0 Å². The highest BCUT2D eigenvalue weighted by Crippen LogP contribution is 2.41. The molecule has 1 rings (SSSR count). The Morgan fingerprint density at radius 1 is 0.554 bits per heavy atom. The van der Waals surface area contributed by atoms with E-state index in [0.29, 0.717) is 18.6 Å². The fraction of sp³-hybridized carbons (Fsp3) is 0.918. The molecule has 7 heteroatoms. The largest absolute Gasteiger partial charge is 0.461 e. The van der Waals surface area contributed by atoms with Crippen LogP contribution in [0.2, 0.25) is 0 Å². The summed E-state index contributed by atoms with van der Waals surface area (Å²) in [7, 11) is 3.75. The molecular weight excluding hydrogens is 714 g/mol. The van der Waals surface area contributed by atoms with E-state index in [0.717, 1.165) is 89.9 Å². The lowest BCUT2D eigenvalue weighted by atomic mass is 9.94. The van der Waals surface area contributed by atoms with Crippen molar-refractivity contribution in [2.24, 2.45) is 0 Å². The summed E-state index contributed by atoms with van der Waals surface area (Å²) in [5.74, 6) is -0.353.